The van der Waals surface area contributed by atoms with Crippen molar-refractivity contribution in [2.24, 2.45) is 5.92 Å². The Hall–Kier alpha value is -0.130. The highest BCUT2D eigenvalue weighted by Gasteiger charge is 2.55. The Morgan fingerprint density at radius 1 is 1.33 bits per heavy atom. The molecule has 2 saturated heterocycles. The average molecular weight is 468 g/mol. The molecule has 0 aromatic carbocycles. The van der Waals surface area contributed by atoms with E-state index in [1.54, 1.807) is 13.2 Å². The van der Waals surface area contributed by atoms with Gasteiger partial charge in [0.05, 0.1) is 17.5 Å². The molecule has 1 amide bonds. The summed E-state index contributed by atoms with van der Waals surface area (Å²) in [5.41, 5.74) is 0. The number of likely N-dealkylation sites (N-methyl/N-ethyl adjacent to an activating group) is 2. The number of thioether (sulfide) groups is 1. The van der Waals surface area contributed by atoms with Crippen molar-refractivity contribution in [3.05, 3.63) is 0 Å². The second-order valence-corrected chi connectivity index (χ2v) is 10.2. The lowest BCUT2D eigenvalue weighted by molar-refractivity contribution is -0.249. The lowest BCUT2D eigenvalue weighted by Gasteiger charge is -2.50. The third-order valence-electron chi connectivity index (χ3n) is 6.23. The van der Waals surface area contributed by atoms with E-state index in [9.17, 15) is 20.1 Å². The largest absolute Gasteiger partial charge is 0.388 e. The molecule has 2 heterocycles. The van der Waals surface area contributed by atoms with Crippen LogP contribution in [-0.2, 0) is 9.53 Å². The van der Waals surface area contributed by atoms with Crippen molar-refractivity contribution in [2.45, 2.75) is 87.0 Å². The van der Waals surface area contributed by atoms with Crippen LogP contribution in [0, 0.1) is 5.92 Å². The maximum Gasteiger partial charge on any atom is 0.237 e. The molecule has 0 aliphatic carbocycles. The van der Waals surface area contributed by atoms with E-state index in [0.29, 0.717) is 12.5 Å². The minimum absolute atomic E-state index is 0.164. The molecule has 2 unspecified atom stereocenters. The van der Waals surface area contributed by atoms with Gasteiger partial charge in [-0.2, -0.15) is 0 Å². The normalized spacial score (nSPS) is 39.6. The zero-order chi connectivity index (χ0) is 22.6. The van der Waals surface area contributed by atoms with E-state index in [4.69, 9.17) is 16.3 Å². The number of likely N-dealkylation sites (tertiary alicyclic amines) is 1. The number of amides is 1. The van der Waals surface area contributed by atoms with Crippen LogP contribution in [0.1, 0.15) is 40.0 Å². The van der Waals surface area contributed by atoms with Crippen molar-refractivity contribution in [1.82, 2.24) is 15.5 Å². The molecule has 0 radical (unpaired) electrons. The first kappa shape index (κ1) is 26.1. The number of carbonyl (C=O) groups excluding carboxylic acids is 1. The maximum absolute atomic E-state index is 13.1. The Morgan fingerprint density at radius 2 is 2.00 bits per heavy atom. The average Bonchev–Trinajstić information content (AvgIpc) is 3.07. The number of aliphatic hydroxyl groups excluding tert-OH is 3. The van der Waals surface area contributed by atoms with Crippen LogP contribution in [0.5, 0.6) is 0 Å². The lowest BCUT2D eigenvalue weighted by atomic mass is 9.91. The molecule has 9 atom stereocenters. The van der Waals surface area contributed by atoms with E-state index in [0.717, 1.165) is 25.8 Å². The molecule has 2 fully saturated rings. The van der Waals surface area contributed by atoms with Crippen LogP contribution >= 0.6 is 23.4 Å². The van der Waals surface area contributed by atoms with Crippen molar-refractivity contribution in [3.8, 4) is 0 Å². The van der Waals surface area contributed by atoms with Gasteiger partial charge in [0.2, 0.25) is 5.91 Å². The first-order valence-corrected chi connectivity index (χ1v) is 12.4. The van der Waals surface area contributed by atoms with Gasteiger partial charge >= 0.3 is 0 Å². The first-order chi connectivity index (χ1) is 14.1. The molecule has 0 bridgehead atoms. The van der Waals surface area contributed by atoms with E-state index >= 15 is 0 Å². The summed E-state index contributed by atoms with van der Waals surface area (Å²) in [6.45, 7) is 7.06. The predicted octanol–water partition coefficient (Wildman–Crippen LogP) is 0.327. The summed E-state index contributed by atoms with van der Waals surface area (Å²) in [6, 6.07) is -1.02. The second-order valence-electron chi connectivity index (χ2n) is 8.47. The molecule has 5 N–H and O–H groups in total. The molecular weight excluding hydrogens is 430 g/mol. The number of ether oxygens (including phenoxy) is 1. The van der Waals surface area contributed by atoms with Crippen molar-refractivity contribution in [2.75, 3.05) is 26.4 Å². The van der Waals surface area contributed by atoms with Gasteiger partial charge in [0, 0.05) is 6.54 Å². The third-order valence-corrected chi connectivity index (χ3v) is 7.59. The number of rotatable bonds is 9. The standard InChI is InChI=1S/C20H38ClN3O5S/c1-6-8-12-9-13(24(4)10-12)19(28)23-14(11(3)21)17-15(25)16(26)18(27)20(29-17,30-5)22-7-2/h11-18,22,25-27H,6-10H2,1-5H3,(H,23,28)/t11?,12-,13+,14?,15-,16+,17-,18-,20+/m1/s1. The van der Waals surface area contributed by atoms with Crippen LogP contribution in [0.15, 0.2) is 0 Å². The van der Waals surface area contributed by atoms with E-state index in [2.05, 4.69) is 17.6 Å². The van der Waals surface area contributed by atoms with Crippen molar-refractivity contribution >= 4 is 29.3 Å². The highest BCUT2D eigenvalue weighted by Crippen LogP contribution is 2.37. The van der Waals surface area contributed by atoms with Crippen molar-refractivity contribution in [1.29, 1.82) is 0 Å². The highest BCUT2D eigenvalue weighted by molar-refractivity contribution is 7.99. The molecule has 10 heteroatoms. The Balaban J connectivity index is 2.20. The Bertz CT molecular complexity index is 575. The van der Waals surface area contributed by atoms with Gasteiger partial charge in [-0.25, -0.2) is 0 Å². The number of nitrogens with zero attached hydrogens (tertiary/aromatic N) is 1. The highest BCUT2D eigenvalue weighted by atomic mass is 35.5. The van der Waals surface area contributed by atoms with Crippen LogP contribution in [-0.4, -0.2) is 99.5 Å². The molecule has 8 nitrogen and oxygen atoms in total. The molecular formula is C20H38ClN3O5S. The number of halogens is 1. The predicted molar refractivity (Wildman–Crippen MR) is 119 cm³/mol. The number of carbonyl (C=O) groups is 1. The molecule has 2 aliphatic rings. The van der Waals surface area contributed by atoms with Gasteiger partial charge in [0.25, 0.3) is 0 Å². The first-order valence-electron chi connectivity index (χ1n) is 10.8. The summed E-state index contributed by atoms with van der Waals surface area (Å²) in [6.07, 6.45) is -0.518. The van der Waals surface area contributed by atoms with Gasteiger partial charge < -0.3 is 25.4 Å². The molecule has 2 aliphatic heterocycles. The number of hydrogen-bond donors (Lipinski definition) is 5. The van der Waals surface area contributed by atoms with Crippen LogP contribution < -0.4 is 10.6 Å². The van der Waals surface area contributed by atoms with Gasteiger partial charge in [0.1, 0.15) is 24.4 Å². The Morgan fingerprint density at radius 3 is 2.53 bits per heavy atom. The van der Waals surface area contributed by atoms with Crippen LogP contribution in [0.25, 0.3) is 0 Å². The fourth-order valence-electron chi connectivity index (χ4n) is 4.62. The van der Waals surface area contributed by atoms with Crippen molar-refractivity contribution in [3.63, 3.8) is 0 Å². The molecule has 176 valence electrons. The van der Waals surface area contributed by atoms with E-state index < -0.39 is 40.9 Å². The molecule has 0 saturated carbocycles. The summed E-state index contributed by atoms with van der Waals surface area (Å²) < 4.78 is 6.11. The number of alkyl halides is 1. The molecule has 2 rings (SSSR count). The van der Waals surface area contributed by atoms with E-state index in [1.165, 1.54) is 11.8 Å². The third kappa shape index (κ3) is 5.43. The minimum atomic E-state index is -1.45. The number of aliphatic hydroxyl groups is 3. The monoisotopic (exact) mass is 467 g/mol. The quantitative estimate of drug-likeness (QED) is 0.243. The summed E-state index contributed by atoms with van der Waals surface area (Å²) in [4.78, 5) is 15.1. The Labute approximate surface area is 189 Å². The SMILES string of the molecule is CCC[C@@H]1C[C@@H](C(=O)NC(C(C)Cl)[C@H]2O[C@](NCC)(SC)[C@H](O)[C@@H](O)[C@H]2O)N(C)C1. The van der Waals surface area contributed by atoms with Gasteiger partial charge in [-0.1, -0.05) is 20.3 Å². The molecule has 0 aromatic heterocycles. The van der Waals surface area contributed by atoms with Gasteiger partial charge in [-0.05, 0) is 45.5 Å². The van der Waals surface area contributed by atoms with Crippen molar-refractivity contribution < 1.29 is 24.9 Å². The van der Waals surface area contributed by atoms with Crippen LogP contribution in [0.4, 0.5) is 0 Å². The lowest BCUT2D eigenvalue weighted by Crippen LogP contribution is -2.72. The minimum Gasteiger partial charge on any atom is -0.388 e. The maximum atomic E-state index is 13.1. The molecule has 30 heavy (non-hydrogen) atoms. The van der Waals surface area contributed by atoms with Gasteiger partial charge in [-0.15, -0.1) is 23.4 Å². The topological polar surface area (TPSA) is 114 Å². The summed E-state index contributed by atoms with van der Waals surface area (Å²) in [5.74, 6) is 0.317. The molecule has 0 aromatic rings. The summed E-state index contributed by atoms with van der Waals surface area (Å²) in [7, 11) is 1.94. The summed E-state index contributed by atoms with van der Waals surface area (Å²) in [5, 5.41) is 35.9. The smallest absolute Gasteiger partial charge is 0.237 e. The fourth-order valence-corrected chi connectivity index (χ4v) is 5.70. The zero-order valence-electron chi connectivity index (χ0n) is 18.5. The van der Waals surface area contributed by atoms with E-state index in [1.807, 2.05) is 18.9 Å². The van der Waals surface area contributed by atoms with Crippen LogP contribution in [0.2, 0.25) is 0 Å². The number of nitrogens with one attached hydrogen (secondary N) is 2. The van der Waals surface area contributed by atoms with Gasteiger partial charge in [-0.3, -0.25) is 15.0 Å². The molecule has 0 spiro atoms. The van der Waals surface area contributed by atoms with Crippen LogP contribution in [0.3, 0.4) is 0 Å². The Kier molecular flexibility index (Phi) is 9.70. The fraction of sp³-hybridized carbons (Fsp3) is 0.950. The number of hydrogen-bond acceptors (Lipinski definition) is 8. The van der Waals surface area contributed by atoms with E-state index in [-0.39, 0.29) is 11.9 Å². The zero-order valence-corrected chi connectivity index (χ0v) is 20.1. The second kappa shape index (κ2) is 11.1. The van der Waals surface area contributed by atoms with Gasteiger partial charge in [0.15, 0.2) is 5.06 Å². The summed E-state index contributed by atoms with van der Waals surface area (Å²) >= 11 is 7.61.